The van der Waals surface area contributed by atoms with Crippen molar-refractivity contribution in [2.75, 3.05) is 11.1 Å². The summed E-state index contributed by atoms with van der Waals surface area (Å²) in [7, 11) is 0. The monoisotopic (exact) mass is 488 g/mol. The zero-order valence-electron chi connectivity index (χ0n) is 18.7. The van der Waals surface area contributed by atoms with Gasteiger partial charge in [0.05, 0.1) is 18.0 Å². The summed E-state index contributed by atoms with van der Waals surface area (Å²) in [5.41, 5.74) is 8.58. The van der Waals surface area contributed by atoms with Crippen molar-refractivity contribution in [2.45, 2.75) is 25.8 Å². The molecule has 4 N–H and O–H groups in total. The molecule has 0 saturated heterocycles. The Labute approximate surface area is 205 Å². The number of anilines is 3. The van der Waals surface area contributed by atoms with Crippen LogP contribution in [0.1, 0.15) is 47.8 Å². The Kier molecular flexibility index (Phi) is 6.06. The summed E-state index contributed by atoms with van der Waals surface area (Å²) in [4.78, 5) is 25.9. The normalized spacial score (nSPS) is 13.9. The summed E-state index contributed by atoms with van der Waals surface area (Å²) in [5.74, 6) is 0.543. The SMILES string of the molecule is C[C@@H](NC(=O)c1nc(C2=NC=CCC2)cnc1N)c1nnc2ccc(Nc3cccc(Cl)c3)nn12. The molecule has 4 heterocycles. The highest BCUT2D eigenvalue weighted by Crippen LogP contribution is 2.20. The Morgan fingerprint density at radius 3 is 2.91 bits per heavy atom. The quantitative estimate of drug-likeness (QED) is 0.373. The first-order chi connectivity index (χ1) is 17.0. The Balaban J connectivity index is 1.37. The number of amides is 1. The molecule has 1 aliphatic rings. The molecule has 11 nitrogen and oxygen atoms in total. The van der Waals surface area contributed by atoms with Crippen LogP contribution in [0.15, 0.2) is 59.9 Å². The molecular weight excluding hydrogens is 468 g/mol. The van der Waals surface area contributed by atoms with E-state index in [0.29, 0.717) is 28.0 Å². The molecule has 0 saturated carbocycles. The smallest absolute Gasteiger partial charge is 0.274 e. The van der Waals surface area contributed by atoms with E-state index in [9.17, 15) is 4.79 Å². The third-order valence-corrected chi connectivity index (χ3v) is 5.55. The van der Waals surface area contributed by atoms with E-state index < -0.39 is 11.9 Å². The first-order valence-corrected chi connectivity index (χ1v) is 11.3. The number of nitrogens with two attached hydrogens (primary N) is 1. The highest BCUT2D eigenvalue weighted by Gasteiger charge is 2.22. The van der Waals surface area contributed by atoms with E-state index in [1.54, 1.807) is 41.9 Å². The Bertz CT molecular complexity index is 1480. The van der Waals surface area contributed by atoms with E-state index in [0.717, 1.165) is 24.2 Å². The average molecular weight is 489 g/mol. The Hall–Kier alpha value is -4.38. The van der Waals surface area contributed by atoms with E-state index in [4.69, 9.17) is 17.3 Å². The van der Waals surface area contributed by atoms with Gasteiger partial charge in [-0.2, -0.15) is 4.52 Å². The van der Waals surface area contributed by atoms with Crippen molar-refractivity contribution in [3.63, 3.8) is 0 Å². The predicted molar refractivity (Wildman–Crippen MR) is 133 cm³/mol. The summed E-state index contributed by atoms with van der Waals surface area (Å²) < 4.78 is 1.56. The number of aliphatic imine (C=N–C) groups is 1. The van der Waals surface area contributed by atoms with Crippen LogP contribution in [0.3, 0.4) is 0 Å². The number of benzene rings is 1. The Morgan fingerprint density at radius 2 is 2.11 bits per heavy atom. The minimum atomic E-state index is -0.550. The molecule has 0 fully saturated rings. The van der Waals surface area contributed by atoms with Crippen molar-refractivity contribution in [1.29, 1.82) is 0 Å². The number of nitrogens with zero attached hydrogens (tertiary/aromatic N) is 7. The van der Waals surface area contributed by atoms with Gasteiger partial charge < -0.3 is 16.4 Å². The van der Waals surface area contributed by atoms with Crippen LogP contribution in [0.4, 0.5) is 17.3 Å². The van der Waals surface area contributed by atoms with Crippen molar-refractivity contribution in [2.24, 2.45) is 4.99 Å². The van der Waals surface area contributed by atoms with Crippen molar-refractivity contribution < 1.29 is 4.79 Å². The number of hydrogen-bond acceptors (Lipinski definition) is 9. The summed E-state index contributed by atoms with van der Waals surface area (Å²) in [6.07, 6.45) is 6.78. The van der Waals surface area contributed by atoms with Crippen LogP contribution in [0.25, 0.3) is 5.65 Å². The molecule has 0 spiro atoms. The second kappa shape index (κ2) is 9.47. The maximum Gasteiger partial charge on any atom is 0.274 e. The molecule has 1 amide bonds. The van der Waals surface area contributed by atoms with E-state index in [-0.39, 0.29) is 11.5 Å². The lowest BCUT2D eigenvalue weighted by molar-refractivity contribution is 0.0933. The molecule has 1 aliphatic heterocycles. The number of rotatable bonds is 6. The van der Waals surface area contributed by atoms with Crippen molar-refractivity contribution in [3.05, 3.63) is 77.1 Å². The maximum absolute atomic E-state index is 13.0. The van der Waals surface area contributed by atoms with Crippen molar-refractivity contribution >= 4 is 46.2 Å². The second-order valence-electron chi connectivity index (χ2n) is 7.87. The molecule has 0 unspecified atom stereocenters. The van der Waals surface area contributed by atoms with Gasteiger partial charge in [0.15, 0.2) is 28.8 Å². The number of halogens is 1. The molecule has 35 heavy (non-hydrogen) atoms. The van der Waals surface area contributed by atoms with Gasteiger partial charge in [0.1, 0.15) is 5.69 Å². The van der Waals surface area contributed by atoms with E-state index in [2.05, 4.69) is 40.9 Å². The average Bonchev–Trinajstić information content (AvgIpc) is 3.28. The zero-order valence-corrected chi connectivity index (χ0v) is 19.4. The van der Waals surface area contributed by atoms with Gasteiger partial charge in [-0.25, -0.2) is 9.97 Å². The molecule has 0 bridgehead atoms. The standard InChI is InChI=1S/C23H21ClN10O/c1-13(28-23(35)20-21(25)27-12-17(30-20)16-7-2-3-10-26-16)22-32-31-19-9-8-18(33-34(19)22)29-15-6-4-5-14(24)11-15/h3-6,8-13H,2,7H2,1H3,(H2,25,27)(H,28,35)(H,29,33)/t13-/m1/s1. The minimum absolute atomic E-state index is 0.0247. The number of nitrogens with one attached hydrogen (secondary N) is 2. The van der Waals surface area contributed by atoms with Crippen LogP contribution in [0.2, 0.25) is 5.02 Å². The summed E-state index contributed by atoms with van der Waals surface area (Å²) in [6, 6.07) is 10.3. The van der Waals surface area contributed by atoms with Gasteiger partial charge in [0.2, 0.25) is 0 Å². The molecule has 5 rings (SSSR count). The molecule has 1 aromatic carbocycles. The molecule has 0 radical (unpaired) electrons. The van der Waals surface area contributed by atoms with Crippen LogP contribution in [-0.2, 0) is 0 Å². The lowest BCUT2D eigenvalue weighted by Gasteiger charge is -2.14. The first kappa shape index (κ1) is 22.4. The van der Waals surface area contributed by atoms with Crippen LogP contribution in [-0.4, -0.2) is 41.4 Å². The maximum atomic E-state index is 13.0. The Morgan fingerprint density at radius 1 is 1.23 bits per heavy atom. The van der Waals surface area contributed by atoms with Gasteiger partial charge in [0.25, 0.3) is 5.91 Å². The topological polar surface area (TPSA) is 148 Å². The molecule has 176 valence electrons. The third kappa shape index (κ3) is 4.80. The van der Waals surface area contributed by atoms with Gasteiger partial charge in [-0.15, -0.1) is 15.3 Å². The molecule has 0 aliphatic carbocycles. The fraction of sp³-hybridized carbons (Fsp3) is 0.174. The van der Waals surface area contributed by atoms with Crippen molar-refractivity contribution in [1.82, 2.24) is 35.1 Å². The third-order valence-electron chi connectivity index (χ3n) is 5.31. The van der Waals surface area contributed by atoms with Crippen LogP contribution in [0.5, 0.6) is 0 Å². The van der Waals surface area contributed by atoms with Gasteiger partial charge in [-0.1, -0.05) is 23.7 Å². The van der Waals surface area contributed by atoms with E-state index in [1.807, 2.05) is 18.2 Å². The lowest BCUT2D eigenvalue weighted by Crippen LogP contribution is -2.30. The molecule has 3 aromatic heterocycles. The van der Waals surface area contributed by atoms with Gasteiger partial charge >= 0.3 is 0 Å². The predicted octanol–water partition coefficient (Wildman–Crippen LogP) is 3.48. The largest absolute Gasteiger partial charge is 0.382 e. The summed E-state index contributed by atoms with van der Waals surface area (Å²) >= 11 is 6.07. The zero-order chi connectivity index (χ0) is 24.4. The lowest BCUT2D eigenvalue weighted by atomic mass is 10.1. The van der Waals surface area contributed by atoms with Gasteiger partial charge in [0, 0.05) is 16.9 Å². The number of hydrogen-bond donors (Lipinski definition) is 3. The molecule has 4 aromatic rings. The minimum Gasteiger partial charge on any atom is -0.382 e. The number of carbonyl (C=O) groups is 1. The number of fused-ring (bicyclic) bond motifs is 1. The van der Waals surface area contributed by atoms with E-state index >= 15 is 0 Å². The van der Waals surface area contributed by atoms with Crippen LogP contribution >= 0.6 is 11.6 Å². The fourth-order valence-corrected chi connectivity index (χ4v) is 3.78. The molecule has 1 atom stereocenters. The van der Waals surface area contributed by atoms with E-state index in [1.165, 1.54) is 6.20 Å². The summed E-state index contributed by atoms with van der Waals surface area (Å²) in [6.45, 7) is 1.77. The highest BCUT2D eigenvalue weighted by atomic mass is 35.5. The highest BCUT2D eigenvalue weighted by molar-refractivity contribution is 6.30. The number of allylic oxidation sites excluding steroid dienone is 1. The summed E-state index contributed by atoms with van der Waals surface area (Å²) in [5, 5.41) is 19.6. The molecular formula is C23H21ClN10O. The van der Waals surface area contributed by atoms with Gasteiger partial charge in [-0.05, 0) is 50.1 Å². The van der Waals surface area contributed by atoms with Crippen LogP contribution in [0, 0.1) is 0 Å². The molecule has 12 heteroatoms. The number of aromatic nitrogens is 6. The van der Waals surface area contributed by atoms with Crippen molar-refractivity contribution in [3.8, 4) is 0 Å². The van der Waals surface area contributed by atoms with Gasteiger partial charge in [-0.3, -0.25) is 9.79 Å². The fourth-order valence-electron chi connectivity index (χ4n) is 3.59. The number of carbonyl (C=O) groups excluding carboxylic acids is 1. The second-order valence-corrected chi connectivity index (χ2v) is 8.30. The number of nitrogen functional groups attached to an aromatic ring is 1. The van der Waals surface area contributed by atoms with Crippen LogP contribution < -0.4 is 16.4 Å². The first-order valence-electron chi connectivity index (χ1n) is 10.9.